The van der Waals surface area contributed by atoms with Gasteiger partial charge in [0.15, 0.2) is 17.7 Å². The van der Waals surface area contributed by atoms with Crippen LogP contribution in [0.25, 0.3) is 0 Å². The fourth-order valence-electron chi connectivity index (χ4n) is 2.35. The lowest BCUT2D eigenvalue weighted by Crippen LogP contribution is -2.32. The molecular formula is C19H20FN3O3. The molecule has 1 aromatic carbocycles. The molecule has 7 heteroatoms. The Kier molecular flexibility index (Phi) is 5.46. The van der Waals surface area contributed by atoms with Crippen LogP contribution in [0.5, 0.6) is 5.75 Å². The number of carbonyl (C=O) groups excluding carboxylic acids is 2. The SMILES string of the molecule is CC[C@@H](Oc1ccccc1F)C(=O)Nc1ccc(NC(=O)C2CC2)nc1. The van der Waals surface area contributed by atoms with Crippen molar-refractivity contribution in [1.82, 2.24) is 4.98 Å². The van der Waals surface area contributed by atoms with E-state index >= 15 is 0 Å². The van der Waals surface area contributed by atoms with Crippen molar-refractivity contribution < 1.29 is 18.7 Å². The van der Waals surface area contributed by atoms with Crippen LogP contribution in [0.3, 0.4) is 0 Å². The van der Waals surface area contributed by atoms with Crippen LogP contribution in [-0.2, 0) is 9.59 Å². The van der Waals surface area contributed by atoms with E-state index in [-0.39, 0.29) is 17.6 Å². The summed E-state index contributed by atoms with van der Waals surface area (Å²) in [7, 11) is 0. The highest BCUT2D eigenvalue weighted by molar-refractivity contribution is 5.95. The highest BCUT2D eigenvalue weighted by Gasteiger charge is 2.29. The van der Waals surface area contributed by atoms with Crippen LogP contribution in [0.15, 0.2) is 42.6 Å². The largest absolute Gasteiger partial charge is 0.478 e. The first-order chi connectivity index (χ1) is 12.6. The van der Waals surface area contributed by atoms with E-state index in [1.807, 2.05) is 0 Å². The number of nitrogens with one attached hydrogen (secondary N) is 2. The van der Waals surface area contributed by atoms with Crippen molar-refractivity contribution in [3.8, 4) is 5.75 Å². The quantitative estimate of drug-likeness (QED) is 0.796. The van der Waals surface area contributed by atoms with Crippen LogP contribution in [0, 0.1) is 11.7 Å². The predicted octanol–water partition coefficient (Wildman–Crippen LogP) is 3.37. The van der Waals surface area contributed by atoms with E-state index < -0.39 is 17.8 Å². The highest BCUT2D eigenvalue weighted by Crippen LogP contribution is 2.30. The zero-order valence-electron chi connectivity index (χ0n) is 14.4. The smallest absolute Gasteiger partial charge is 0.265 e. The maximum Gasteiger partial charge on any atom is 0.265 e. The standard InChI is InChI=1S/C19H20FN3O3/c1-2-15(26-16-6-4-3-5-14(16)20)19(25)22-13-9-10-17(21-11-13)23-18(24)12-7-8-12/h3-6,9-12,15H,2,7-8H2,1H3,(H,22,25)(H,21,23,24)/t15-/m1/s1. The number of halogens is 1. The van der Waals surface area contributed by atoms with Gasteiger partial charge in [0.1, 0.15) is 5.82 Å². The number of anilines is 2. The van der Waals surface area contributed by atoms with Gasteiger partial charge >= 0.3 is 0 Å². The summed E-state index contributed by atoms with van der Waals surface area (Å²) in [5, 5.41) is 5.41. The topological polar surface area (TPSA) is 80.3 Å². The molecule has 0 bridgehead atoms. The number of carbonyl (C=O) groups is 2. The number of hydrogen-bond donors (Lipinski definition) is 2. The van der Waals surface area contributed by atoms with Gasteiger partial charge in [0.2, 0.25) is 5.91 Å². The Morgan fingerprint density at radius 3 is 2.62 bits per heavy atom. The molecule has 6 nitrogen and oxygen atoms in total. The molecule has 0 saturated heterocycles. The summed E-state index contributed by atoms with van der Waals surface area (Å²) in [6.45, 7) is 1.78. The average Bonchev–Trinajstić information content (AvgIpc) is 3.48. The molecular weight excluding hydrogens is 337 g/mol. The molecule has 0 aliphatic heterocycles. The maximum atomic E-state index is 13.7. The number of nitrogens with zero attached hydrogens (tertiary/aromatic N) is 1. The number of para-hydroxylation sites is 1. The molecule has 136 valence electrons. The zero-order chi connectivity index (χ0) is 18.5. The minimum atomic E-state index is -0.832. The van der Waals surface area contributed by atoms with Gasteiger partial charge in [0.25, 0.3) is 5.91 Å². The first-order valence-corrected chi connectivity index (χ1v) is 8.55. The molecule has 1 fully saturated rings. The summed E-state index contributed by atoms with van der Waals surface area (Å²) in [5.41, 5.74) is 0.468. The molecule has 26 heavy (non-hydrogen) atoms. The summed E-state index contributed by atoms with van der Waals surface area (Å²) < 4.78 is 19.2. The number of amides is 2. The van der Waals surface area contributed by atoms with E-state index in [0.29, 0.717) is 17.9 Å². The zero-order valence-corrected chi connectivity index (χ0v) is 14.4. The summed E-state index contributed by atoms with van der Waals surface area (Å²) in [5.74, 6) is -0.376. The second-order valence-electron chi connectivity index (χ2n) is 6.13. The van der Waals surface area contributed by atoms with E-state index in [9.17, 15) is 14.0 Å². The van der Waals surface area contributed by atoms with Crippen LogP contribution in [0.4, 0.5) is 15.9 Å². The number of ether oxygens (including phenoxy) is 1. The van der Waals surface area contributed by atoms with Crippen LogP contribution < -0.4 is 15.4 Å². The molecule has 1 heterocycles. The van der Waals surface area contributed by atoms with Gasteiger partial charge in [-0.3, -0.25) is 9.59 Å². The average molecular weight is 357 g/mol. The van der Waals surface area contributed by atoms with Gasteiger partial charge in [-0.2, -0.15) is 0 Å². The minimum absolute atomic E-state index is 0.0291. The predicted molar refractivity (Wildman–Crippen MR) is 95.3 cm³/mol. The summed E-state index contributed by atoms with van der Waals surface area (Å²) in [6, 6.07) is 9.21. The van der Waals surface area contributed by atoms with Crippen LogP contribution >= 0.6 is 0 Å². The number of hydrogen-bond acceptors (Lipinski definition) is 4. The second kappa shape index (κ2) is 7.95. The molecule has 1 saturated carbocycles. The van der Waals surface area contributed by atoms with Gasteiger partial charge in [-0.25, -0.2) is 9.37 Å². The molecule has 1 aliphatic carbocycles. The molecule has 3 rings (SSSR count). The monoisotopic (exact) mass is 357 g/mol. The Bertz CT molecular complexity index is 791. The van der Waals surface area contributed by atoms with Crippen LogP contribution in [0.1, 0.15) is 26.2 Å². The van der Waals surface area contributed by atoms with Gasteiger partial charge in [-0.1, -0.05) is 19.1 Å². The summed E-state index contributed by atoms with van der Waals surface area (Å²) in [4.78, 5) is 28.2. The van der Waals surface area contributed by atoms with Crippen molar-refractivity contribution in [1.29, 1.82) is 0 Å². The Morgan fingerprint density at radius 2 is 2.00 bits per heavy atom. The van der Waals surface area contributed by atoms with E-state index in [0.717, 1.165) is 12.8 Å². The maximum absolute atomic E-state index is 13.7. The molecule has 0 radical (unpaired) electrons. The minimum Gasteiger partial charge on any atom is -0.478 e. The highest BCUT2D eigenvalue weighted by atomic mass is 19.1. The van der Waals surface area contributed by atoms with Gasteiger partial charge in [0.05, 0.1) is 11.9 Å². The fourth-order valence-corrected chi connectivity index (χ4v) is 2.35. The first kappa shape index (κ1) is 17.8. The third kappa shape index (κ3) is 4.56. The first-order valence-electron chi connectivity index (χ1n) is 8.55. The molecule has 2 amide bonds. The lowest BCUT2D eigenvalue weighted by atomic mass is 10.2. The molecule has 1 aromatic heterocycles. The Morgan fingerprint density at radius 1 is 1.23 bits per heavy atom. The van der Waals surface area contributed by atoms with Crippen molar-refractivity contribution in [3.63, 3.8) is 0 Å². The molecule has 0 spiro atoms. The Hall–Kier alpha value is -2.96. The van der Waals surface area contributed by atoms with Gasteiger partial charge in [-0.05, 0) is 43.5 Å². The molecule has 1 aliphatic rings. The summed E-state index contributed by atoms with van der Waals surface area (Å²) in [6.07, 6.45) is 2.83. The van der Waals surface area contributed by atoms with Crippen LogP contribution in [0.2, 0.25) is 0 Å². The number of pyridine rings is 1. The van der Waals surface area contributed by atoms with Crippen LogP contribution in [-0.4, -0.2) is 22.9 Å². The normalized spacial score (nSPS) is 14.4. The third-order valence-electron chi connectivity index (χ3n) is 4.00. The van der Waals surface area contributed by atoms with Crippen molar-refractivity contribution in [2.75, 3.05) is 10.6 Å². The Labute approximate surface area is 150 Å². The van der Waals surface area contributed by atoms with Crippen molar-refractivity contribution in [2.45, 2.75) is 32.3 Å². The van der Waals surface area contributed by atoms with E-state index in [1.54, 1.807) is 31.2 Å². The number of aromatic nitrogens is 1. The Balaban J connectivity index is 1.58. The van der Waals surface area contributed by atoms with Gasteiger partial charge in [0, 0.05) is 5.92 Å². The lowest BCUT2D eigenvalue weighted by molar-refractivity contribution is -0.123. The van der Waals surface area contributed by atoms with E-state index in [2.05, 4.69) is 15.6 Å². The summed E-state index contributed by atoms with van der Waals surface area (Å²) >= 11 is 0. The third-order valence-corrected chi connectivity index (χ3v) is 4.00. The van der Waals surface area contributed by atoms with Crippen molar-refractivity contribution in [2.24, 2.45) is 5.92 Å². The van der Waals surface area contributed by atoms with Crippen molar-refractivity contribution >= 4 is 23.3 Å². The number of rotatable bonds is 7. The molecule has 0 unspecified atom stereocenters. The van der Waals surface area contributed by atoms with Gasteiger partial charge < -0.3 is 15.4 Å². The van der Waals surface area contributed by atoms with E-state index in [4.69, 9.17) is 4.74 Å². The van der Waals surface area contributed by atoms with Crippen molar-refractivity contribution in [3.05, 3.63) is 48.4 Å². The fraction of sp³-hybridized carbons (Fsp3) is 0.316. The molecule has 2 N–H and O–H groups in total. The van der Waals surface area contributed by atoms with E-state index in [1.165, 1.54) is 18.3 Å². The lowest BCUT2D eigenvalue weighted by Gasteiger charge is -2.17. The molecule has 1 atom stereocenters. The second-order valence-corrected chi connectivity index (χ2v) is 6.13. The molecule has 2 aromatic rings. The number of benzene rings is 1. The van der Waals surface area contributed by atoms with Gasteiger partial charge in [-0.15, -0.1) is 0 Å².